The zero-order valence-electron chi connectivity index (χ0n) is 42.1. The number of ether oxygens (including phenoxy) is 6. The summed E-state index contributed by atoms with van der Waals surface area (Å²) in [5.74, 6) is -1.59. The maximum atomic E-state index is 14.6. The van der Waals surface area contributed by atoms with Crippen LogP contribution in [0.2, 0.25) is 0 Å². The van der Waals surface area contributed by atoms with Crippen molar-refractivity contribution < 1.29 is 58.2 Å². The van der Waals surface area contributed by atoms with E-state index in [1.54, 1.807) is 17.0 Å². The van der Waals surface area contributed by atoms with Crippen LogP contribution in [0.3, 0.4) is 0 Å². The maximum Gasteiger partial charge on any atom is 0.412 e. The third-order valence-corrected chi connectivity index (χ3v) is 13.7. The van der Waals surface area contributed by atoms with Crippen LogP contribution in [0.5, 0.6) is 11.5 Å². The molecular weight excluding hydrogens is 895 g/mol. The Morgan fingerprint density at radius 3 is 2.29 bits per heavy atom. The summed E-state index contributed by atoms with van der Waals surface area (Å²) in [7, 11) is 1.50. The number of carbonyl (C=O) groups is 2. The highest BCUT2D eigenvalue weighted by Gasteiger charge is 2.65. The number of rotatable bonds is 35. The van der Waals surface area contributed by atoms with Crippen molar-refractivity contribution in [1.82, 2.24) is 10.2 Å². The van der Waals surface area contributed by atoms with E-state index in [9.17, 15) is 24.9 Å². The standard InChI is InChI=1S/C55H83N3O12/c1-4-6-7-8-9-10-11-12-13-19-28-56-53(62)69-44-26-27-49-47(39-44)51-45(25-18-21-31-60)43(24-17-20-30-59)38-46-48(57-64-3)40-50(55(70-49,52(46)51)68-33-5-2)58(29-34-65-35-32-61)54(63)67-37-36-66-41-42-22-15-14-16-23-42/h5,14-16,22-23,26-27,38-39,43,45,50-52,59-61H,2,4,6-13,17-21,24-25,28-37,40-41H2,1,3H3,(H,56,62)/t43-,45+,50-,51+,52+,55+/m0/s1. The number of benzene rings is 2. The lowest BCUT2D eigenvalue weighted by atomic mass is 9.55. The molecule has 1 aliphatic heterocycles. The van der Waals surface area contributed by atoms with Crippen molar-refractivity contribution >= 4 is 17.9 Å². The molecule has 3 aliphatic rings. The van der Waals surface area contributed by atoms with Crippen molar-refractivity contribution in [2.45, 2.75) is 140 Å². The van der Waals surface area contributed by atoms with Gasteiger partial charge in [-0.1, -0.05) is 125 Å². The molecule has 0 spiro atoms. The van der Waals surface area contributed by atoms with Gasteiger partial charge in [0.1, 0.15) is 31.3 Å². The zero-order chi connectivity index (χ0) is 49.8. The highest BCUT2D eigenvalue weighted by Crippen LogP contribution is 2.62. The van der Waals surface area contributed by atoms with Crippen molar-refractivity contribution in [2.24, 2.45) is 22.9 Å². The van der Waals surface area contributed by atoms with Gasteiger partial charge >= 0.3 is 12.2 Å². The van der Waals surface area contributed by atoms with E-state index in [-0.39, 0.29) is 83.6 Å². The Kier molecular flexibility index (Phi) is 25.6. The second kappa shape index (κ2) is 31.7. The number of carbonyl (C=O) groups excluding carboxylic acids is 2. The summed E-state index contributed by atoms with van der Waals surface area (Å²) in [4.78, 5) is 35.1. The van der Waals surface area contributed by atoms with Crippen molar-refractivity contribution in [2.75, 3.05) is 73.1 Å². The minimum absolute atomic E-state index is 0.0147. The molecule has 0 radical (unpaired) electrons. The van der Waals surface area contributed by atoms with Crippen LogP contribution >= 0.6 is 0 Å². The molecule has 6 atom stereocenters. The summed E-state index contributed by atoms with van der Waals surface area (Å²) >= 11 is 0. The molecule has 15 nitrogen and oxygen atoms in total. The van der Waals surface area contributed by atoms with Gasteiger partial charge in [-0.2, -0.15) is 0 Å². The van der Waals surface area contributed by atoms with Crippen molar-refractivity contribution in [3.63, 3.8) is 0 Å². The van der Waals surface area contributed by atoms with Crippen LogP contribution < -0.4 is 14.8 Å². The maximum absolute atomic E-state index is 14.6. The summed E-state index contributed by atoms with van der Waals surface area (Å²) in [6.07, 6.45) is 19.2. The Morgan fingerprint density at radius 1 is 0.857 bits per heavy atom. The average molecular weight is 978 g/mol. The SMILES string of the molecule is C=CCO[C@@]12Oc3ccc(OC(=O)NCCCCCCCCCCCC)cc3[C@H]3[C@H](CCCCO)[C@@H](CCCCO)C=C(C(=NOC)C[C@@H]1N(CCOCCO)C(=O)OCCOCc1ccccc1)[C@H]32. The number of hydrogen-bond donors (Lipinski definition) is 4. The minimum Gasteiger partial charge on any atom is -0.459 e. The summed E-state index contributed by atoms with van der Waals surface area (Å²) in [5.41, 5.74) is 3.30. The topological polar surface area (TPSA) is 187 Å². The predicted molar refractivity (Wildman–Crippen MR) is 270 cm³/mol. The van der Waals surface area contributed by atoms with Crippen molar-refractivity contribution in [3.05, 3.63) is 84.0 Å². The number of aliphatic hydroxyl groups is 3. The molecule has 15 heteroatoms. The van der Waals surface area contributed by atoms with Crippen LogP contribution in [-0.4, -0.2) is 123 Å². The average Bonchev–Trinajstić information content (AvgIpc) is 3.36. The van der Waals surface area contributed by atoms with E-state index in [2.05, 4.69) is 30.1 Å². The van der Waals surface area contributed by atoms with Crippen molar-refractivity contribution in [1.29, 1.82) is 0 Å². The fourth-order valence-corrected chi connectivity index (χ4v) is 10.5. The largest absolute Gasteiger partial charge is 0.459 e. The number of allylic oxidation sites excluding steroid dienone is 1. The van der Waals surface area contributed by atoms with E-state index < -0.39 is 29.9 Å². The number of hydrogen-bond acceptors (Lipinski definition) is 13. The van der Waals surface area contributed by atoms with Gasteiger partial charge in [0, 0.05) is 44.2 Å². The van der Waals surface area contributed by atoms with Gasteiger partial charge in [-0.3, -0.25) is 4.90 Å². The number of nitrogens with one attached hydrogen (secondary N) is 1. The number of fused-ring (bicyclic) bond motifs is 2. The number of amides is 2. The van der Waals surface area contributed by atoms with E-state index in [4.69, 9.17) is 33.3 Å². The normalized spacial score (nSPS) is 21.8. The van der Waals surface area contributed by atoms with Gasteiger partial charge in [0.05, 0.1) is 51.3 Å². The Labute approximate surface area is 416 Å². The quantitative estimate of drug-likeness (QED) is 0.0292. The molecule has 0 bridgehead atoms. The van der Waals surface area contributed by atoms with E-state index in [1.807, 2.05) is 42.5 Å². The molecule has 1 heterocycles. The monoisotopic (exact) mass is 978 g/mol. The first-order valence-corrected chi connectivity index (χ1v) is 26.2. The first-order valence-electron chi connectivity index (χ1n) is 26.2. The molecule has 1 fully saturated rings. The van der Waals surface area contributed by atoms with Gasteiger partial charge < -0.3 is 53.9 Å². The van der Waals surface area contributed by atoms with Crippen LogP contribution in [0, 0.1) is 17.8 Å². The molecule has 1 saturated carbocycles. The fourth-order valence-electron chi connectivity index (χ4n) is 10.5. The summed E-state index contributed by atoms with van der Waals surface area (Å²) in [6.45, 7) is 7.48. The fraction of sp³-hybridized carbons (Fsp3) is 0.655. The lowest BCUT2D eigenvalue weighted by molar-refractivity contribution is -0.256. The van der Waals surface area contributed by atoms with Gasteiger partial charge in [-0.25, -0.2) is 9.59 Å². The number of oxime groups is 1. The Bertz CT molecular complexity index is 1900. The number of unbranched alkanes of at least 4 members (excludes halogenated alkanes) is 11. The third kappa shape index (κ3) is 16.5. The first kappa shape index (κ1) is 56.4. The lowest BCUT2D eigenvalue weighted by Gasteiger charge is -2.59. The zero-order valence-corrected chi connectivity index (χ0v) is 42.1. The Balaban J connectivity index is 1.50. The van der Waals surface area contributed by atoms with Gasteiger partial charge in [0.2, 0.25) is 5.79 Å². The summed E-state index contributed by atoms with van der Waals surface area (Å²) in [6, 6.07) is 14.3. The van der Waals surface area contributed by atoms with E-state index in [1.165, 1.54) is 52.1 Å². The third-order valence-electron chi connectivity index (χ3n) is 13.7. The van der Waals surface area contributed by atoms with Crippen molar-refractivity contribution in [3.8, 4) is 11.5 Å². The highest BCUT2D eigenvalue weighted by molar-refractivity contribution is 6.03. The predicted octanol–water partition coefficient (Wildman–Crippen LogP) is 9.62. The molecule has 4 N–H and O–H groups in total. The van der Waals surface area contributed by atoms with E-state index in [0.29, 0.717) is 43.2 Å². The second-order valence-electron chi connectivity index (χ2n) is 18.6. The summed E-state index contributed by atoms with van der Waals surface area (Å²) in [5, 5.41) is 37.1. The molecule has 70 heavy (non-hydrogen) atoms. The number of nitrogens with zero attached hydrogens (tertiary/aromatic N) is 2. The highest BCUT2D eigenvalue weighted by atomic mass is 16.7. The Hall–Kier alpha value is -4.51. The first-order chi connectivity index (χ1) is 34.3. The van der Waals surface area contributed by atoms with E-state index in [0.717, 1.165) is 61.6 Å². The Morgan fingerprint density at radius 2 is 1.59 bits per heavy atom. The molecule has 390 valence electrons. The molecule has 2 aliphatic carbocycles. The van der Waals surface area contributed by atoms with Crippen LogP contribution in [0.25, 0.3) is 0 Å². The van der Waals surface area contributed by atoms with Crippen LogP contribution in [0.1, 0.15) is 133 Å². The molecule has 0 aromatic heterocycles. The minimum atomic E-state index is -1.54. The lowest BCUT2D eigenvalue weighted by Crippen LogP contribution is -2.70. The van der Waals surface area contributed by atoms with Crippen LogP contribution in [0.15, 0.2) is 78.0 Å². The molecule has 0 unspecified atom stereocenters. The molecular formula is C55H83N3O12. The van der Waals surface area contributed by atoms with Crippen LogP contribution in [-0.2, 0) is 30.4 Å². The van der Waals surface area contributed by atoms with Crippen LogP contribution in [0.4, 0.5) is 9.59 Å². The molecule has 2 aromatic rings. The number of aliphatic hydroxyl groups excluding tert-OH is 3. The van der Waals surface area contributed by atoms with Gasteiger partial charge in [0.25, 0.3) is 0 Å². The second-order valence-corrected chi connectivity index (χ2v) is 18.6. The van der Waals surface area contributed by atoms with Gasteiger partial charge in [0.15, 0.2) is 0 Å². The molecule has 2 aromatic carbocycles. The molecule has 5 rings (SSSR count). The molecule has 2 amide bonds. The molecule has 0 saturated heterocycles. The van der Waals surface area contributed by atoms with E-state index >= 15 is 0 Å². The van der Waals surface area contributed by atoms with Gasteiger partial charge in [-0.05, 0) is 73.3 Å². The van der Waals surface area contributed by atoms with Gasteiger partial charge in [-0.15, -0.1) is 6.58 Å². The summed E-state index contributed by atoms with van der Waals surface area (Å²) < 4.78 is 37.9. The smallest absolute Gasteiger partial charge is 0.412 e.